The van der Waals surface area contributed by atoms with Gasteiger partial charge in [-0.15, -0.1) is 4.83 Å². The molecule has 0 bridgehead atoms. The number of nitrogens with zero attached hydrogens (tertiary/aromatic N) is 1. The van der Waals surface area contributed by atoms with Crippen LogP contribution in [0, 0.1) is 5.41 Å². The Balaban J connectivity index is 1.62. The molecule has 0 aliphatic carbocycles. The van der Waals surface area contributed by atoms with Gasteiger partial charge in [0.2, 0.25) is 5.91 Å². The van der Waals surface area contributed by atoms with E-state index < -0.39 is 27.9 Å². The Morgan fingerprint density at radius 3 is 2.54 bits per heavy atom. The summed E-state index contributed by atoms with van der Waals surface area (Å²) in [7, 11) is -1.48. The third kappa shape index (κ3) is 6.47. The number of amidine groups is 1. The zero-order valence-corrected chi connectivity index (χ0v) is 20.1. The Hall–Kier alpha value is -3.68. The first-order valence-electron chi connectivity index (χ1n) is 10.5. The molecule has 0 saturated carbocycles. The van der Waals surface area contributed by atoms with Gasteiger partial charge in [0.05, 0.1) is 33.8 Å². The lowest BCUT2D eigenvalue weighted by molar-refractivity contribution is -0.157. The standard InChI is InChI=1S/C22H27N5O7S/c1-32-16-7-8-17(33-2)19(11-16)35(30,31)26-27-9-10-34-18(22(27)29)12-20(28)25-13-14-3-5-15(6-4-14)21(23)24/h3-8,11,18,26H,9-10,12-13H2,1-2H3,(H3,23,24)(H,25,28)/t18-/m0/s1. The van der Waals surface area contributed by atoms with Crippen LogP contribution in [0.15, 0.2) is 47.4 Å². The number of amides is 2. The summed E-state index contributed by atoms with van der Waals surface area (Å²) < 4.78 is 41.6. The fourth-order valence-electron chi connectivity index (χ4n) is 3.31. The molecule has 5 N–H and O–H groups in total. The molecule has 188 valence electrons. The molecule has 35 heavy (non-hydrogen) atoms. The Kier molecular flexibility index (Phi) is 8.27. The first-order chi connectivity index (χ1) is 16.6. The van der Waals surface area contributed by atoms with E-state index in [-0.39, 0.29) is 42.6 Å². The first kappa shape index (κ1) is 25.9. The molecule has 13 heteroatoms. The number of methoxy groups -OCH3 is 2. The Bertz CT molecular complexity index is 1200. The molecule has 1 saturated heterocycles. The van der Waals surface area contributed by atoms with Crippen molar-refractivity contribution in [3.63, 3.8) is 0 Å². The van der Waals surface area contributed by atoms with E-state index in [1.807, 2.05) is 0 Å². The van der Waals surface area contributed by atoms with Gasteiger partial charge in [-0.05, 0) is 17.7 Å². The van der Waals surface area contributed by atoms with Crippen LogP contribution in [-0.4, -0.2) is 64.6 Å². The van der Waals surface area contributed by atoms with Gasteiger partial charge in [-0.2, -0.15) is 0 Å². The number of hydrazine groups is 1. The fourth-order valence-corrected chi connectivity index (χ4v) is 4.57. The highest BCUT2D eigenvalue weighted by atomic mass is 32.2. The van der Waals surface area contributed by atoms with E-state index in [9.17, 15) is 18.0 Å². The van der Waals surface area contributed by atoms with Gasteiger partial charge in [-0.25, -0.2) is 8.42 Å². The molecule has 1 aliphatic heterocycles. The van der Waals surface area contributed by atoms with Gasteiger partial charge in [-0.1, -0.05) is 24.3 Å². The van der Waals surface area contributed by atoms with Crippen LogP contribution in [0.5, 0.6) is 11.5 Å². The lowest BCUT2D eigenvalue weighted by Crippen LogP contribution is -2.56. The molecule has 0 radical (unpaired) electrons. The largest absolute Gasteiger partial charge is 0.497 e. The van der Waals surface area contributed by atoms with Crippen LogP contribution in [0.1, 0.15) is 17.5 Å². The number of carbonyl (C=O) groups excluding carboxylic acids is 2. The predicted molar refractivity (Wildman–Crippen MR) is 125 cm³/mol. The summed E-state index contributed by atoms with van der Waals surface area (Å²) >= 11 is 0. The number of ether oxygens (including phenoxy) is 3. The highest BCUT2D eigenvalue weighted by Gasteiger charge is 2.35. The lowest BCUT2D eigenvalue weighted by atomic mass is 10.1. The average molecular weight is 506 g/mol. The van der Waals surface area contributed by atoms with Crippen molar-refractivity contribution in [2.24, 2.45) is 5.73 Å². The summed E-state index contributed by atoms with van der Waals surface area (Å²) in [5.74, 6) is -0.824. The maximum atomic E-state index is 13.0. The van der Waals surface area contributed by atoms with Gasteiger partial charge in [0.1, 0.15) is 28.3 Å². The molecular formula is C22H27N5O7S. The van der Waals surface area contributed by atoms with Gasteiger partial charge in [-0.3, -0.25) is 20.0 Å². The van der Waals surface area contributed by atoms with Crippen LogP contribution < -0.4 is 25.4 Å². The average Bonchev–Trinajstić information content (AvgIpc) is 2.85. The second-order valence-electron chi connectivity index (χ2n) is 7.55. The lowest BCUT2D eigenvalue weighted by Gasteiger charge is -2.32. The smallest absolute Gasteiger partial charge is 0.267 e. The van der Waals surface area contributed by atoms with Crippen LogP contribution in [0.25, 0.3) is 0 Å². The van der Waals surface area contributed by atoms with Crippen molar-refractivity contribution in [3.8, 4) is 11.5 Å². The third-order valence-electron chi connectivity index (χ3n) is 5.19. The van der Waals surface area contributed by atoms with Crippen LogP contribution in [0.4, 0.5) is 0 Å². The number of nitrogens with one attached hydrogen (secondary N) is 3. The zero-order chi connectivity index (χ0) is 25.6. The van der Waals surface area contributed by atoms with Crippen molar-refractivity contribution >= 4 is 27.7 Å². The number of hydrogen-bond donors (Lipinski definition) is 4. The first-order valence-corrected chi connectivity index (χ1v) is 12.0. The molecule has 1 aliphatic rings. The van der Waals surface area contributed by atoms with Gasteiger partial charge in [0.15, 0.2) is 0 Å². The van der Waals surface area contributed by atoms with Crippen molar-refractivity contribution in [2.45, 2.75) is 24.0 Å². The Morgan fingerprint density at radius 2 is 1.91 bits per heavy atom. The molecule has 0 aromatic heterocycles. The number of hydrogen-bond acceptors (Lipinski definition) is 8. The number of benzene rings is 2. The van der Waals surface area contributed by atoms with Gasteiger partial charge in [0.25, 0.3) is 15.9 Å². The predicted octanol–water partition coefficient (Wildman–Crippen LogP) is 0.115. The monoisotopic (exact) mass is 505 g/mol. The maximum absolute atomic E-state index is 13.0. The quantitative estimate of drug-likeness (QED) is 0.260. The van der Waals surface area contributed by atoms with Gasteiger partial charge in [0, 0.05) is 18.2 Å². The molecular weight excluding hydrogens is 478 g/mol. The fraction of sp³-hybridized carbons (Fsp3) is 0.318. The number of nitrogen functional groups attached to an aromatic ring is 1. The summed E-state index contributed by atoms with van der Waals surface area (Å²) in [6.07, 6.45) is -1.44. The highest BCUT2D eigenvalue weighted by molar-refractivity contribution is 7.89. The summed E-state index contributed by atoms with van der Waals surface area (Å²) in [5, 5.41) is 11.0. The minimum atomic E-state index is -4.21. The number of nitrogens with two attached hydrogens (primary N) is 1. The number of carbonyl (C=O) groups is 2. The van der Waals surface area contributed by atoms with E-state index in [1.165, 1.54) is 26.4 Å². The zero-order valence-electron chi connectivity index (χ0n) is 19.2. The molecule has 1 heterocycles. The van der Waals surface area contributed by atoms with Crippen molar-refractivity contribution in [2.75, 3.05) is 27.4 Å². The van der Waals surface area contributed by atoms with Gasteiger partial charge < -0.3 is 25.3 Å². The van der Waals surface area contributed by atoms with E-state index in [0.717, 1.165) is 10.6 Å². The van der Waals surface area contributed by atoms with E-state index in [0.29, 0.717) is 11.3 Å². The molecule has 12 nitrogen and oxygen atoms in total. The summed E-state index contributed by atoms with van der Waals surface area (Å²) in [4.78, 5) is 27.3. The molecule has 1 fully saturated rings. The van der Waals surface area contributed by atoms with Gasteiger partial charge >= 0.3 is 0 Å². The van der Waals surface area contributed by atoms with Crippen molar-refractivity contribution < 1.29 is 32.2 Å². The summed E-state index contributed by atoms with van der Waals surface area (Å²) in [6, 6.07) is 11.0. The molecule has 2 amide bonds. The topological polar surface area (TPSA) is 173 Å². The van der Waals surface area contributed by atoms with Crippen LogP contribution in [-0.2, 0) is 30.9 Å². The summed E-state index contributed by atoms with van der Waals surface area (Å²) in [6.45, 7) is 0.197. The minimum Gasteiger partial charge on any atom is -0.497 e. The maximum Gasteiger partial charge on any atom is 0.267 e. The van der Waals surface area contributed by atoms with Crippen molar-refractivity contribution in [3.05, 3.63) is 53.6 Å². The normalized spacial score (nSPS) is 16.0. The molecule has 0 unspecified atom stereocenters. The minimum absolute atomic E-state index is 0.0357. The van der Waals surface area contributed by atoms with Crippen LogP contribution >= 0.6 is 0 Å². The molecule has 2 aromatic rings. The van der Waals surface area contributed by atoms with E-state index in [4.69, 9.17) is 25.4 Å². The van der Waals surface area contributed by atoms with Crippen LogP contribution in [0.3, 0.4) is 0 Å². The second-order valence-corrected chi connectivity index (χ2v) is 9.18. The molecule has 1 atom stereocenters. The number of morpholine rings is 1. The third-order valence-corrected chi connectivity index (χ3v) is 6.55. The summed E-state index contributed by atoms with van der Waals surface area (Å²) in [5.41, 5.74) is 6.77. The highest BCUT2D eigenvalue weighted by Crippen LogP contribution is 2.28. The van der Waals surface area contributed by atoms with E-state index in [1.54, 1.807) is 30.3 Å². The van der Waals surface area contributed by atoms with Crippen molar-refractivity contribution in [1.29, 1.82) is 5.41 Å². The molecule has 2 aromatic carbocycles. The number of sulfonamides is 1. The molecule has 3 rings (SSSR count). The SMILES string of the molecule is COc1ccc(OC)c(S(=O)(=O)NN2CCO[C@@H](CC(=O)NCc3ccc(C(=N)N)cc3)C2=O)c1. The van der Waals surface area contributed by atoms with Crippen molar-refractivity contribution in [1.82, 2.24) is 15.2 Å². The second kappa shape index (κ2) is 11.2. The van der Waals surface area contributed by atoms with E-state index >= 15 is 0 Å². The van der Waals surface area contributed by atoms with E-state index in [2.05, 4.69) is 10.1 Å². The number of rotatable bonds is 10. The Labute approximate surface area is 202 Å². The van der Waals surface area contributed by atoms with Crippen LogP contribution in [0.2, 0.25) is 0 Å². The Morgan fingerprint density at radius 1 is 1.20 bits per heavy atom. The molecule has 0 spiro atoms.